The lowest BCUT2D eigenvalue weighted by Crippen LogP contribution is -2.17. The lowest BCUT2D eigenvalue weighted by atomic mass is 9.80. The molecule has 0 bridgehead atoms. The highest BCUT2D eigenvalue weighted by Crippen LogP contribution is 2.41. The fourth-order valence-electron chi connectivity index (χ4n) is 1.97. The van der Waals surface area contributed by atoms with Gasteiger partial charge >= 0.3 is 0 Å². The van der Waals surface area contributed by atoms with Gasteiger partial charge in [-0.05, 0) is 24.7 Å². The van der Waals surface area contributed by atoms with Gasteiger partial charge in [-0.2, -0.15) is 0 Å². The van der Waals surface area contributed by atoms with Crippen LogP contribution in [0.4, 0.5) is 0 Å². The molecule has 1 atom stereocenters. The molecule has 0 heterocycles. The molecule has 0 aromatic carbocycles. The van der Waals surface area contributed by atoms with E-state index in [0.717, 1.165) is 12.7 Å². The summed E-state index contributed by atoms with van der Waals surface area (Å²) in [6, 6.07) is 0. The maximum atomic E-state index is 10.3. The summed E-state index contributed by atoms with van der Waals surface area (Å²) in [5, 5.41) is 0. The Balaban J connectivity index is 2.67. The van der Waals surface area contributed by atoms with Crippen molar-refractivity contribution in [1.82, 2.24) is 0 Å². The number of hydrogen-bond donors (Lipinski definition) is 0. The summed E-state index contributed by atoms with van der Waals surface area (Å²) < 4.78 is 0. The van der Waals surface area contributed by atoms with E-state index in [1.807, 2.05) is 0 Å². The van der Waals surface area contributed by atoms with Gasteiger partial charge in [-0.15, -0.1) is 0 Å². The Morgan fingerprint density at radius 2 is 2.36 bits per heavy atom. The highest BCUT2D eigenvalue weighted by molar-refractivity contribution is 5.50. The molecule has 0 N–H and O–H groups in total. The fourth-order valence-corrected chi connectivity index (χ4v) is 1.97. The molecule has 0 unspecified atom stereocenters. The molecule has 11 heavy (non-hydrogen) atoms. The molecule has 1 aliphatic carbocycles. The molecular weight excluding hydrogens is 136 g/mol. The topological polar surface area (TPSA) is 17.1 Å². The predicted octanol–water partition coefficient (Wildman–Crippen LogP) is 2.57. The Hall–Kier alpha value is -0.590. The van der Waals surface area contributed by atoms with Crippen molar-refractivity contribution in [3.63, 3.8) is 0 Å². The van der Waals surface area contributed by atoms with Crippen LogP contribution in [0.25, 0.3) is 0 Å². The van der Waals surface area contributed by atoms with Crippen LogP contribution in [0.3, 0.4) is 0 Å². The third kappa shape index (κ3) is 1.70. The molecule has 0 radical (unpaired) electrons. The summed E-state index contributed by atoms with van der Waals surface area (Å²) in [6.07, 6.45) is 5.15. The maximum absolute atomic E-state index is 10.3. The smallest absolute Gasteiger partial charge is 0.120 e. The predicted molar refractivity (Wildman–Crippen MR) is 46.3 cm³/mol. The van der Waals surface area contributed by atoms with Crippen LogP contribution in [0.1, 0.15) is 33.6 Å². The molecular formula is C10H16O. The van der Waals surface area contributed by atoms with Crippen molar-refractivity contribution >= 4 is 6.29 Å². The van der Waals surface area contributed by atoms with Crippen LogP contribution in [-0.4, -0.2) is 6.29 Å². The number of carbonyl (C=O) groups excluding carboxylic acids is 1. The normalized spacial score (nSPS) is 28.3. The van der Waals surface area contributed by atoms with Crippen molar-refractivity contribution in [3.05, 3.63) is 11.6 Å². The van der Waals surface area contributed by atoms with Crippen molar-refractivity contribution in [3.8, 4) is 0 Å². The Morgan fingerprint density at radius 1 is 1.73 bits per heavy atom. The second-order valence-corrected chi connectivity index (χ2v) is 4.12. The second-order valence-electron chi connectivity index (χ2n) is 4.12. The standard InChI is InChI=1S/C10H16O/c1-8-6-9(4-5-11)10(2,3)7-8/h5,7,9H,4,6H2,1-3H3/t9-/m1/s1. The van der Waals surface area contributed by atoms with Crippen LogP contribution < -0.4 is 0 Å². The van der Waals surface area contributed by atoms with Gasteiger partial charge in [0, 0.05) is 6.42 Å². The molecule has 62 valence electrons. The summed E-state index contributed by atoms with van der Waals surface area (Å²) in [5.41, 5.74) is 1.67. The summed E-state index contributed by atoms with van der Waals surface area (Å²) in [6.45, 7) is 6.56. The van der Waals surface area contributed by atoms with Crippen LogP contribution in [-0.2, 0) is 4.79 Å². The molecule has 0 fully saturated rings. The second kappa shape index (κ2) is 2.80. The van der Waals surface area contributed by atoms with E-state index in [4.69, 9.17) is 0 Å². The van der Waals surface area contributed by atoms with E-state index in [0.29, 0.717) is 12.3 Å². The van der Waals surface area contributed by atoms with Crippen LogP contribution >= 0.6 is 0 Å². The fraction of sp³-hybridized carbons (Fsp3) is 0.700. The third-order valence-corrected chi connectivity index (χ3v) is 2.62. The van der Waals surface area contributed by atoms with E-state index in [1.165, 1.54) is 5.57 Å². The molecule has 0 aromatic heterocycles. The van der Waals surface area contributed by atoms with E-state index in [9.17, 15) is 4.79 Å². The summed E-state index contributed by atoms with van der Waals surface area (Å²) in [7, 11) is 0. The van der Waals surface area contributed by atoms with Gasteiger partial charge in [0.15, 0.2) is 0 Å². The molecule has 1 aliphatic rings. The first-order chi connectivity index (χ1) is 5.06. The van der Waals surface area contributed by atoms with Gasteiger partial charge < -0.3 is 4.79 Å². The minimum Gasteiger partial charge on any atom is -0.303 e. The zero-order chi connectivity index (χ0) is 8.48. The zero-order valence-corrected chi connectivity index (χ0v) is 7.55. The van der Waals surface area contributed by atoms with Crippen molar-refractivity contribution < 1.29 is 4.79 Å². The molecule has 1 heteroatoms. The zero-order valence-electron chi connectivity index (χ0n) is 7.55. The van der Waals surface area contributed by atoms with Crippen LogP contribution in [0.15, 0.2) is 11.6 Å². The van der Waals surface area contributed by atoms with Crippen molar-refractivity contribution in [2.75, 3.05) is 0 Å². The molecule has 0 aliphatic heterocycles. The number of rotatable bonds is 2. The van der Waals surface area contributed by atoms with Crippen LogP contribution in [0, 0.1) is 11.3 Å². The minimum absolute atomic E-state index is 0.241. The summed E-state index contributed by atoms with van der Waals surface area (Å²) in [4.78, 5) is 10.3. The van der Waals surface area contributed by atoms with E-state index in [1.54, 1.807) is 0 Å². The Morgan fingerprint density at radius 3 is 2.73 bits per heavy atom. The Labute approximate surface area is 68.5 Å². The first kappa shape index (κ1) is 8.51. The number of aldehydes is 1. The van der Waals surface area contributed by atoms with Gasteiger partial charge in [0.2, 0.25) is 0 Å². The van der Waals surface area contributed by atoms with Crippen LogP contribution in [0.2, 0.25) is 0 Å². The molecule has 1 nitrogen and oxygen atoms in total. The van der Waals surface area contributed by atoms with Gasteiger partial charge in [0.1, 0.15) is 6.29 Å². The van der Waals surface area contributed by atoms with Crippen molar-refractivity contribution in [2.24, 2.45) is 11.3 Å². The summed E-state index contributed by atoms with van der Waals surface area (Å²) >= 11 is 0. The monoisotopic (exact) mass is 152 g/mol. The minimum atomic E-state index is 0.241. The largest absolute Gasteiger partial charge is 0.303 e. The number of hydrogen-bond acceptors (Lipinski definition) is 1. The van der Waals surface area contributed by atoms with Crippen LogP contribution in [0.5, 0.6) is 0 Å². The Kier molecular flexibility index (Phi) is 2.17. The number of allylic oxidation sites excluding steroid dienone is 2. The van der Waals surface area contributed by atoms with Crippen molar-refractivity contribution in [2.45, 2.75) is 33.6 Å². The molecule has 0 saturated carbocycles. The van der Waals surface area contributed by atoms with E-state index >= 15 is 0 Å². The van der Waals surface area contributed by atoms with E-state index in [2.05, 4.69) is 26.8 Å². The molecule has 0 saturated heterocycles. The average molecular weight is 152 g/mol. The lowest BCUT2D eigenvalue weighted by Gasteiger charge is -2.23. The Bertz CT molecular complexity index is 189. The van der Waals surface area contributed by atoms with Gasteiger partial charge in [-0.1, -0.05) is 25.5 Å². The highest BCUT2D eigenvalue weighted by Gasteiger charge is 2.31. The molecule has 0 spiro atoms. The molecule has 0 aromatic rings. The first-order valence-electron chi connectivity index (χ1n) is 4.18. The van der Waals surface area contributed by atoms with Crippen molar-refractivity contribution in [1.29, 1.82) is 0 Å². The first-order valence-corrected chi connectivity index (χ1v) is 4.18. The quantitative estimate of drug-likeness (QED) is 0.439. The van der Waals surface area contributed by atoms with Gasteiger partial charge in [-0.25, -0.2) is 0 Å². The van der Waals surface area contributed by atoms with E-state index < -0.39 is 0 Å². The van der Waals surface area contributed by atoms with Gasteiger partial charge in [0.25, 0.3) is 0 Å². The maximum Gasteiger partial charge on any atom is 0.120 e. The summed E-state index contributed by atoms with van der Waals surface area (Å²) in [5.74, 6) is 0.542. The highest BCUT2D eigenvalue weighted by atomic mass is 16.1. The molecule has 1 rings (SSSR count). The van der Waals surface area contributed by atoms with Gasteiger partial charge in [-0.3, -0.25) is 0 Å². The molecule has 0 amide bonds. The van der Waals surface area contributed by atoms with Gasteiger partial charge in [0.05, 0.1) is 0 Å². The lowest BCUT2D eigenvalue weighted by molar-refractivity contribution is -0.109. The third-order valence-electron chi connectivity index (χ3n) is 2.62. The van der Waals surface area contributed by atoms with E-state index in [-0.39, 0.29) is 5.41 Å². The average Bonchev–Trinajstić information content (AvgIpc) is 2.07. The number of carbonyl (C=O) groups is 1. The SMILES string of the molecule is CC1=CC(C)(C)[C@H](CC=O)C1.